The fourth-order valence-electron chi connectivity index (χ4n) is 2.94. The molecule has 0 radical (unpaired) electrons. The van der Waals surface area contributed by atoms with Crippen molar-refractivity contribution in [3.05, 3.63) is 30.1 Å². The molecule has 2 fully saturated rings. The maximum atomic E-state index is 11.8. The molecule has 1 aromatic heterocycles. The third-order valence-corrected chi connectivity index (χ3v) is 4.18. The third kappa shape index (κ3) is 4.05. The summed E-state index contributed by atoms with van der Waals surface area (Å²) in [6.45, 7) is 1.03. The summed E-state index contributed by atoms with van der Waals surface area (Å²) in [5.41, 5.74) is 0.886. The normalized spacial score (nSPS) is 22.2. The molecule has 1 saturated heterocycles. The third-order valence-electron chi connectivity index (χ3n) is 4.18. The van der Waals surface area contributed by atoms with Crippen LogP contribution in [0.5, 0.6) is 0 Å². The molecule has 1 aliphatic heterocycles. The summed E-state index contributed by atoms with van der Waals surface area (Å²) in [4.78, 5) is 27.5. The second kappa shape index (κ2) is 7.06. The van der Waals surface area contributed by atoms with Gasteiger partial charge in [0.2, 0.25) is 0 Å². The van der Waals surface area contributed by atoms with Gasteiger partial charge in [0, 0.05) is 38.3 Å². The van der Waals surface area contributed by atoms with E-state index >= 15 is 0 Å². The van der Waals surface area contributed by atoms with E-state index in [1.54, 1.807) is 24.5 Å². The Kier molecular flexibility index (Phi) is 4.88. The van der Waals surface area contributed by atoms with Crippen LogP contribution in [-0.4, -0.2) is 41.8 Å². The summed E-state index contributed by atoms with van der Waals surface area (Å²) >= 11 is 0. The van der Waals surface area contributed by atoms with Crippen molar-refractivity contribution in [1.29, 1.82) is 0 Å². The van der Waals surface area contributed by atoms with Crippen LogP contribution in [0.2, 0.25) is 0 Å². The lowest BCUT2D eigenvalue weighted by molar-refractivity contribution is -0.161. The summed E-state index contributed by atoms with van der Waals surface area (Å²) < 4.78 is 11.6. The lowest BCUT2D eigenvalue weighted by Crippen LogP contribution is -2.43. The number of rotatable bonds is 4. The topological polar surface area (TPSA) is 89.6 Å². The number of aromatic nitrogens is 1. The molecule has 1 saturated carbocycles. The number of nitrogens with one attached hydrogen (secondary N) is 2. The quantitative estimate of drug-likeness (QED) is 0.789. The van der Waals surface area contributed by atoms with E-state index in [-0.39, 0.29) is 12.6 Å². The van der Waals surface area contributed by atoms with Crippen LogP contribution in [0.25, 0.3) is 0 Å². The Morgan fingerprint density at radius 3 is 2.61 bits per heavy atom. The van der Waals surface area contributed by atoms with E-state index in [1.807, 2.05) is 0 Å². The molecule has 1 atom stereocenters. The zero-order chi connectivity index (χ0) is 16.1. The van der Waals surface area contributed by atoms with Gasteiger partial charge in [-0.15, -0.1) is 0 Å². The van der Waals surface area contributed by atoms with Crippen LogP contribution >= 0.6 is 0 Å². The molecule has 0 bridgehead atoms. The minimum atomic E-state index is -0.657. The molecular weight excluding hydrogens is 298 g/mol. The van der Waals surface area contributed by atoms with E-state index in [4.69, 9.17) is 9.47 Å². The number of amides is 2. The summed E-state index contributed by atoms with van der Waals surface area (Å²) in [7, 11) is 0. The first-order valence-corrected chi connectivity index (χ1v) is 7.94. The number of ether oxygens (including phenoxy) is 2. The first-order chi connectivity index (χ1) is 11.2. The molecule has 7 heteroatoms. The van der Waals surface area contributed by atoms with Crippen LogP contribution in [0.15, 0.2) is 24.5 Å². The number of carbonyl (C=O) groups is 2. The average molecular weight is 319 g/mol. The summed E-state index contributed by atoms with van der Waals surface area (Å²) in [5, 5.41) is 5.17. The number of pyridine rings is 1. The molecule has 3 rings (SSSR count). The van der Waals surface area contributed by atoms with Gasteiger partial charge >= 0.3 is 11.8 Å². The lowest BCUT2D eigenvalue weighted by atomic mass is 10.2. The van der Waals surface area contributed by atoms with Crippen LogP contribution in [0.3, 0.4) is 0 Å². The number of carbonyl (C=O) groups excluding carboxylic acids is 2. The largest absolute Gasteiger partial charge is 0.347 e. The van der Waals surface area contributed by atoms with Crippen molar-refractivity contribution in [2.24, 2.45) is 0 Å². The van der Waals surface area contributed by atoms with Gasteiger partial charge < -0.3 is 20.1 Å². The van der Waals surface area contributed by atoms with E-state index in [0.717, 1.165) is 31.2 Å². The van der Waals surface area contributed by atoms with Crippen molar-refractivity contribution in [3.63, 3.8) is 0 Å². The van der Waals surface area contributed by atoms with Gasteiger partial charge in [0.1, 0.15) is 6.10 Å². The maximum absolute atomic E-state index is 11.8. The highest BCUT2D eigenvalue weighted by atomic mass is 16.7. The zero-order valence-electron chi connectivity index (χ0n) is 12.9. The molecule has 2 aliphatic rings. The van der Waals surface area contributed by atoms with E-state index in [0.29, 0.717) is 13.2 Å². The standard InChI is InChI=1S/C16H21N3O4/c20-14(18-9-12-3-7-17-8-4-12)15(21)19-10-13-11-22-16(23-13)5-1-2-6-16/h3-4,7-8,13H,1-2,5-6,9-11H2,(H,18,20)(H,19,21)/t13-/m1/s1. The fourth-order valence-corrected chi connectivity index (χ4v) is 2.94. The van der Waals surface area contributed by atoms with Gasteiger partial charge in [-0.05, 0) is 30.5 Å². The van der Waals surface area contributed by atoms with Gasteiger partial charge in [-0.1, -0.05) is 0 Å². The molecule has 2 amide bonds. The number of nitrogens with zero attached hydrogens (tertiary/aromatic N) is 1. The van der Waals surface area contributed by atoms with Crippen molar-refractivity contribution in [2.75, 3.05) is 13.2 Å². The van der Waals surface area contributed by atoms with Crippen LogP contribution in [0.4, 0.5) is 0 Å². The number of hydrogen-bond donors (Lipinski definition) is 2. The minimum Gasteiger partial charge on any atom is -0.347 e. The Bertz CT molecular complexity index is 558. The molecule has 0 unspecified atom stereocenters. The Morgan fingerprint density at radius 2 is 1.87 bits per heavy atom. The summed E-state index contributed by atoms with van der Waals surface area (Å²) in [6, 6.07) is 3.56. The maximum Gasteiger partial charge on any atom is 0.309 e. The highest BCUT2D eigenvalue weighted by Gasteiger charge is 2.43. The van der Waals surface area contributed by atoms with E-state index in [1.165, 1.54) is 0 Å². The van der Waals surface area contributed by atoms with Gasteiger partial charge in [-0.2, -0.15) is 0 Å². The molecule has 2 heterocycles. The van der Waals surface area contributed by atoms with Crippen molar-refractivity contribution in [1.82, 2.24) is 15.6 Å². The summed E-state index contributed by atoms with van der Waals surface area (Å²) in [6.07, 6.45) is 7.11. The van der Waals surface area contributed by atoms with E-state index in [9.17, 15) is 9.59 Å². The van der Waals surface area contributed by atoms with Gasteiger partial charge in [-0.3, -0.25) is 14.6 Å². The van der Waals surface area contributed by atoms with Gasteiger partial charge in [0.25, 0.3) is 0 Å². The Balaban J connectivity index is 1.38. The van der Waals surface area contributed by atoms with Crippen LogP contribution < -0.4 is 10.6 Å². The molecule has 7 nitrogen and oxygen atoms in total. The van der Waals surface area contributed by atoms with Crippen LogP contribution in [-0.2, 0) is 25.6 Å². The first kappa shape index (κ1) is 15.9. The Morgan fingerprint density at radius 1 is 1.17 bits per heavy atom. The first-order valence-electron chi connectivity index (χ1n) is 7.94. The molecule has 124 valence electrons. The smallest absolute Gasteiger partial charge is 0.309 e. The predicted octanol–water partition coefficient (Wildman–Crippen LogP) is 0.500. The molecule has 0 aromatic carbocycles. The van der Waals surface area contributed by atoms with Crippen molar-refractivity contribution >= 4 is 11.8 Å². The van der Waals surface area contributed by atoms with E-state index < -0.39 is 17.6 Å². The van der Waals surface area contributed by atoms with Crippen molar-refractivity contribution in [2.45, 2.75) is 44.1 Å². The second-order valence-electron chi connectivity index (χ2n) is 5.92. The number of hydrogen-bond acceptors (Lipinski definition) is 5. The summed E-state index contributed by atoms with van der Waals surface area (Å²) in [5.74, 6) is -1.76. The molecular formula is C16H21N3O4. The molecule has 1 spiro atoms. The van der Waals surface area contributed by atoms with Gasteiger partial charge in [0.05, 0.1) is 6.61 Å². The van der Waals surface area contributed by atoms with Crippen LogP contribution in [0.1, 0.15) is 31.2 Å². The Labute approximate surface area is 134 Å². The molecule has 1 aliphatic carbocycles. The second-order valence-corrected chi connectivity index (χ2v) is 5.92. The average Bonchev–Trinajstić information content (AvgIpc) is 3.21. The van der Waals surface area contributed by atoms with Gasteiger partial charge in [0.15, 0.2) is 5.79 Å². The molecule has 1 aromatic rings. The highest BCUT2D eigenvalue weighted by Crippen LogP contribution is 2.38. The van der Waals surface area contributed by atoms with Crippen molar-refractivity contribution in [3.8, 4) is 0 Å². The monoisotopic (exact) mass is 319 g/mol. The Hall–Kier alpha value is -1.99. The highest BCUT2D eigenvalue weighted by molar-refractivity contribution is 6.35. The van der Waals surface area contributed by atoms with Crippen molar-refractivity contribution < 1.29 is 19.1 Å². The molecule has 23 heavy (non-hydrogen) atoms. The van der Waals surface area contributed by atoms with Gasteiger partial charge in [-0.25, -0.2) is 0 Å². The molecule has 2 N–H and O–H groups in total. The minimum absolute atomic E-state index is 0.190. The van der Waals surface area contributed by atoms with E-state index in [2.05, 4.69) is 15.6 Å². The lowest BCUT2D eigenvalue weighted by Gasteiger charge is -2.21. The fraction of sp³-hybridized carbons (Fsp3) is 0.562. The van der Waals surface area contributed by atoms with Crippen LogP contribution in [0, 0.1) is 0 Å². The SMILES string of the molecule is O=C(NCc1ccncc1)C(=O)NC[C@@H]1COC2(CCCC2)O1. The predicted molar refractivity (Wildman–Crippen MR) is 81.1 cm³/mol. The zero-order valence-corrected chi connectivity index (χ0v) is 12.9.